The first-order valence-corrected chi connectivity index (χ1v) is 11.6. The molecule has 0 bridgehead atoms. The number of thiophene rings is 1. The zero-order valence-corrected chi connectivity index (χ0v) is 18.8. The molecule has 6 nitrogen and oxygen atoms in total. The molecule has 0 aliphatic heterocycles. The van der Waals surface area contributed by atoms with Crippen molar-refractivity contribution in [1.29, 1.82) is 0 Å². The third-order valence-electron chi connectivity index (χ3n) is 3.99. The van der Waals surface area contributed by atoms with Gasteiger partial charge in [0.2, 0.25) is 0 Å². The number of rotatable bonds is 7. The lowest BCUT2D eigenvalue weighted by Gasteiger charge is -2.10. The Morgan fingerprint density at radius 1 is 1.13 bits per heavy atom. The normalized spacial score (nSPS) is 11.1. The molecule has 0 aliphatic rings. The predicted octanol–water partition coefficient (Wildman–Crippen LogP) is 5.00. The number of hydrazone groups is 1. The number of hydrogen-bond donors (Lipinski definition) is 1. The van der Waals surface area contributed by atoms with Crippen molar-refractivity contribution < 1.29 is 4.79 Å². The van der Waals surface area contributed by atoms with Crippen LogP contribution >= 0.6 is 39.0 Å². The molecule has 0 spiro atoms. The number of para-hydroxylation sites is 1. The summed E-state index contributed by atoms with van der Waals surface area (Å²) in [5.41, 5.74) is 4.40. The van der Waals surface area contributed by atoms with Gasteiger partial charge in [-0.05, 0) is 35.7 Å². The van der Waals surface area contributed by atoms with Crippen LogP contribution in [0.25, 0.3) is 17.1 Å². The number of benzene rings is 2. The van der Waals surface area contributed by atoms with Crippen molar-refractivity contribution in [2.45, 2.75) is 5.16 Å². The van der Waals surface area contributed by atoms with Crippen LogP contribution < -0.4 is 5.43 Å². The number of thioether (sulfide) groups is 1. The molecular weight excluding hydrogens is 482 g/mol. The van der Waals surface area contributed by atoms with E-state index in [1.165, 1.54) is 11.8 Å². The number of carbonyl (C=O) groups is 1. The lowest BCUT2D eigenvalue weighted by molar-refractivity contribution is -0.118. The van der Waals surface area contributed by atoms with Crippen LogP contribution in [0, 0.1) is 0 Å². The van der Waals surface area contributed by atoms with E-state index in [0.29, 0.717) is 11.0 Å². The van der Waals surface area contributed by atoms with E-state index < -0.39 is 0 Å². The molecule has 0 radical (unpaired) electrons. The van der Waals surface area contributed by atoms with Crippen molar-refractivity contribution in [2.24, 2.45) is 5.10 Å². The molecule has 0 saturated heterocycles. The Morgan fingerprint density at radius 2 is 2.00 bits per heavy atom. The van der Waals surface area contributed by atoms with E-state index in [9.17, 15) is 4.79 Å². The van der Waals surface area contributed by atoms with Gasteiger partial charge in [0.15, 0.2) is 11.0 Å². The number of nitrogens with one attached hydrogen (secondary N) is 1. The van der Waals surface area contributed by atoms with Crippen molar-refractivity contribution in [1.82, 2.24) is 20.2 Å². The summed E-state index contributed by atoms with van der Waals surface area (Å²) in [4.78, 5) is 13.2. The Hall–Kier alpha value is -2.75. The second-order valence-corrected chi connectivity index (χ2v) is 8.92. The summed E-state index contributed by atoms with van der Waals surface area (Å²) in [6, 6.07) is 21.6. The van der Waals surface area contributed by atoms with E-state index in [0.717, 1.165) is 20.6 Å². The summed E-state index contributed by atoms with van der Waals surface area (Å²) in [7, 11) is 0. The first-order chi connectivity index (χ1) is 14.7. The van der Waals surface area contributed by atoms with Crippen LogP contribution in [-0.4, -0.2) is 32.6 Å². The summed E-state index contributed by atoms with van der Waals surface area (Å²) in [6.45, 7) is 0. The Bertz CT molecular complexity index is 1160. The van der Waals surface area contributed by atoms with Gasteiger partial charge in [-0.15, -0.1) is 21.5 Å². The number of amides is 1. The lowest BCUT2D eigenvalue weighted by atomic mass is 10.2. The van der Waals surface area contributed by atoms with Gasteiger partial charge in [-0.2, -0.15) is 5.10 Å². The van der Waals surface area contributed by atoms with Crippen LogP contribution in [-0.2, 0) is 4.79 Å². The Kier molecular flexibility index (Phi) is 6.73. The van der Waals surface area contributed by atoms with Gasteiger partial charge in [-0.1, -0.05) is 64.1 Å². The second kappa shape index (κ2) is 9.84. The van der Waals surface area contributed by atoms with Gasteiger partial charge in [0, 0.05) is 20.6 Å². The maximum absolute atomic E-state index is 12.2. The highest BCUT2D eigenvalue weighted by Crippen LogP contribution is 2.29. The molecule has 150 valence electrons. The Balaban J connectivity index is 1.54. The standard InChI is InChI=1S/C21H16BrN5OS2/c22-16-7-4-6-15(12-16)20-25-26-21(27(20)17-8-2-1-3-9-17)30-14-19(28)24-23-13-18-10-5-11-29-18/h1-13H,14H2,(H,24,28). The van der Waals surface area contributed by atoms with Crippen LogP contribution in [0.5, 0.6) is 0 Å². The number of halogens is 1. The zero-order valence-electron chi connectivity index (χ0n) is 15.6. The lowest BCUT2D eigenvalue weighted by Crippen LogP contribution is -2.19. The van der Waals surface area contributed by atoms with E-state index in [1.807, 2.05) is 76.7 Å². The average Bonchev–Trinajstić information content (AvgIpc) is 3.43. The summed E-state index contributed by atoms with van der Waals surface area (Å²) in [5, 5.41) is 15.3. The third-order valence-corrected chi connectivity index (χ3v) is 6.22. The van der Waals surface area contributed by atoms with Crippen LogP contribution in [0.15, 0.2) is 86.8 Å². The average molecular weight is 498 g/mol. The Labute approximate surface area is 190 Å². The maximum atomic E-state index is 12.2. The number of aromatic nitrogens is 3. The molecule has 0 atom stereocenters. The summed E-state index contributed by atoms with van der Waals surface area (Å²) in [6.07, 6.45) is 1.63. The van der Waals surface area contributed by atoms with Crippen LogP contribution in [0.2, 0.25) is 0 Å². The minimum absolute atomic E-state index is 0.172. The fourth-order valence-corrected chi connectivity index (χ4v) is 4.41. The van der Waals surface area contributed by atoms with Crippen molar-refractivity contribution in [2.75, 3.05) is 5.75 Å². The third kappa shape index (κ3) is 5.05. The molecule has 0 fully saturated rings. The van der Waals surface area contributed by atoms with Crippen LogP contribution in [0.3, 0.4) is 0 Å². The van der Waals surface area contributed by atoms with Gasteiger partial charge in [-0.3, -0.25) is 9.36 Å². The maximum Gasteiger partial charge on any atom is 0.250 e. The van der Waals surface area contributed by atoms with E-state index in [-0.39, 0.29) is 11.7 Å². The van der Waals surface area contributed by atoms with Crippen molar-refractivity contribution in [3.8, 4) is 17.1 Å². The van der Waals surface area contributed by atoms with E-state index in [1.54, 1.807) is 17.6 Å². The summed E-state index contributed by atoms with van der Waals surface area (Å²) < 4.78 is 2.91. The molecule has 2 aromatic carbocycles. The largest absolute Gasteiger partial charge is 0.272 e. The quantitative estimate of drug-likeness (QED) is 0.221. The van der Waals surface area contributed by atoms with E-state index in [2.05, 4.69) is 36.7 Å². The Morgan fingerprint density at radius 3 is 2.77 bits per heavy atom. The fourth-order valence-electron chi connectivity index (χ4n) is 2.68. The highest BCUT2D eigenvalue weighted by atomic mass is 79.9. The molecule has 4 aromatic rings. The fraction of sp³-hybridized carbons (Fsp3) is 0.0476. The number of hydrogen-bond acceptors (Lipinski definition) is 6. The molecule has 0 unspecified atom stereocenters. The van der Waals surface area contributed by atoms with E-state index in [4.69, 9.17) is 0 Å². The minimum atomic E-state index is -0.209. The molecule has 0 aliphatic carbocycles. The molecule has 2 aromatic heterocycles. The molecule has 0 saturated carbocycles. The molecule has 30 heavy (non-hydrogen) atoms. The molecule has 2 heterocycles. The highest BCUT2D eigenvalue weighted by Gasteiger charge is 2.17. The topological polar surface area (TPSA) is 72.2 Å². The van der Waals surface area contributed by atoms with Crippen molar-refractivity contribution >= 4 is 51.2 Å². The number of carbonyl (C=O) groups excluding carboxylic acids is 1. The van der Waals surface area contributed by atoms with Gasteiger partial charge >= 0.3 is 0 Å². The SMILES string of the molecule is O=C(CSc1nnc(-c2cccc(Br)c2)n1-c1ccccc1)NN=Cc1cccs1. The number of nitrogens with zero attached hydrogens (tertiary/aromatic N) is 4. The molecule has 9 heteroatoms. The first kappa shape index (κ1) is 20.5. The smallest absolute Gasteiger partial charge is 0.250 e. The van der Waals surface area contributed by atoms with Gasteiger partial charge in [0.1, 0.15) is 0 Å². The van der Waals surface area contributed by atoms with Crippen molar-refractivity contribution in [3.05, 3.63) is 81.5 Å². The minimum Gasteiger partial charge on any atom is -0.272 e. The van der Waals surface area contributed by atoms with Crippen LogP contribution in [0.4, 0.5) is 0 Å². The monoisotopic (exact) mass is 497 g/mol. The molecule has 4 rings (SSSR count). The molecule has 1 N–H and O–H groups in total. The van der Waals surface area contributed by atoms with Gasteiger partial charge in [-0.25, -0.2) is 5.43 Å². The predicted molar refractivity (Wildman–Crippen MR) is 125 cm³/mol. The van der Waals surface area contributed by atoms with Gasteiger partial charge < -0.3 is 0 Å². The summed E-state index contributed by atoms with van der Waals surface area (Å²) in [5.74, 6) is 0.672. The second-order valence-electron chi connectivity index (χ2n) is 6.08. The van der Waals surface area contributed by atoms with Gasteiger partial charge in [0.25, 0.3) is 5.91 Å². The molecule has 1 amide bonds. The van der Waals surface area contributed by atoms with Crippen molar-refractivity contribution in [3.63, 3.8) is 0 Å². The van der Waals surface area contributed by atoms with Crippen LogP contribution in [0.1, 0.15) is 4.88 Å². The molecular formula is C21H16BrN5OS2. The first-order valence-electron chi connectivity index (χ1n) is 8.96. The van der Waals surface area contributed by atoms with Gasteiger partial charge in [0.05, 0.1) is 12.0 Å². The highest BCUT2D eigenvalue weighted by molar-refractivity contribution is 9.10. The van der Waals surface area contributed by atoms with E-state index >= 15 is 0 Å². The summed E-state index contributed by atoms with van der Waals surface area (Å²) >= 11 is 6.37. The zero-order chi connectivity index (χ0) is 20.8.